The number of hydrogen-bond acceptors (Lipinski definition) is 3. The Morgan fingerprint density at radius 3 is 2.42 bits per heavy atom. The van der Waals surface area contributed by atoms with Crippen LogP contribution in [0.2, 0.25) is 0 Å². The van der Waals surface area contributed by atoms with Crippen molar-refractivity contribution in [2.45, 2.75) is 0 Å². The molecule has 3 aromatic carbocycles. The number of aromatic nitrogens is 2. The average Bonchev–Trinajstić information content (AvgIpc) is 2.62. The van der Waals surface area contributed by atoms with E-state index >= 15 is 0 Å². The standard InChI is InChI=1S/C20H16BrN3O2/c1-23(2)12-9-10-17-15(11-12)19(25)24(20(26)22-17)18-8-4-5-13-14(18)6-3-7-16(13)21/h3-11H,1-2H3,(H,22,26). The third-order valence-corrected chi connectivity index (χ3v) is 5.18. The molecule has 0 fully saturated rings. The van der Waals surface area contributed by atoms with Gasteiger partial charge in [0.2, 0.25) is 0 Å². The van der Waals surface area contributed by atoms with Crippen LogP contribution in [0.15, 0.2) is 68.7 Å². The van der Waals surface area contributed by atoms with E-state index in [4.69, 9.17) is 0 Å². The van der Waals surface area contributed by atoms with Crippen molar-refractivity contribution < 1.29 is 0 Å². The van der Waals surface area contributed by atoms with E-state index in [9.17, 15) is 9.59 Å². The fraction of sp³-hybridized carbons (Fsp3) is 0.100. The summed E-state index contributed by atoms with van der Waals surface area (Å²) in [6.07, 6.45) is 0. The summed E-state index contributed by atoms with van der Waals surface area (Å²) < 4.78 is 2.12. The molecule has 0 saturated carbocycles. The highest BCUT2D eigenvalue weighted by Gasteiger charge is 2.13. The molecule has 6 heteroatoms. The highest BCUT2D eigenvalue weighted by atomic mass is 79.9. The van der Waals surface area contributed by atoms with Gasteiger partial charge in [0, 0.05) is 29.6 Å². The molecular weight excluding hydrogens is 394 g/mol. The first-order chi connectivity index (χ1) is 12.5. The first kappa shape index (κ1) is 16.6. The number of rotatable bonds is 2. The Hall–Kier alpha value is -2.86. The van der Waals surface area contributed by atoms with Gasteiger partial charge in [0.1, 0.15) is 0 Å². The number of fused-ring (bicyclic) bond motifs is 2. The summed E-state index contributed by atoms with van der Waals surface area (Å²) in [5.41, 5.74) is 1.21. The number of nitrogens with zero attached hydrogens (tertiary/aromatic N) is 2. The monoisotopic (exact) mass is 409 g/mol. The number of hydrogen-bond donors (Lipinski definition) is 1. The van der Waals surface area contributed by atoms with Gasteiger partial charge in [-0.2, -0.15) is 0 Å². The van der Waals surface area contributed by atoms with Gasteiger partial charge in [-0.3, -0.25) is 4.79 Å². The van der Waals surface area contributed by atoms with Crippen molar-refractivity contribution in [3.63, 3.8) is 0 Å². The highest BCUT2D eigenvalue weighted by Crippen LogP contribution is 2.27. The van der Waals surface area contributed by atoms with E-state index in [1.165, 1.54) is 4.57 Å². The Morgan fingerprint density at radius 2 is 1.65 bits per heavy atom. The molecular formula is C20H16BrN3O2. The third-order valence-electron chi connectivity index (χ3n) is 4.48. The number of benzene rings is 3. The van der Waals surface area contributed by atoms with Gasteiger partial charge in [-0.25, -0.2) is 9.36 Å². The molecule has 0 spiro atoms. The summed E-state index contributed by atoms with van der Waals surface area (Å²) in [6.45, 7) is 0. The molecule has 0 aliphatic heterocycles. The van der Waals surface area contributed by atoms with Crippen LogP contribution in [0.4, 0.5) is 5.69 Å². The van der Waals surface area contributed by atoms with Gasteiger partial charge in [-0.1, -0.05) is 40.2 Å². The van der Waals surface area contributed by atoms with Crippen molar-refractivity contribution in [3.05, 3.63) is 79.9 Å². The highest BCUT2D eigenvalue weighted by molar-refractivity contribution is 9.10. The van der Waals surface area contributed by atoms with Gasteiger partial charge >= 0.3 is 5.69 Å². The SMILES string of the molecule is CN(C)c1ccc2[nH]c(=O)n(-c3cccc4c(Br)cccc34)c(=O)c2c1. The molecule has 0 aliphatic carbocycles. The largest absolute Gasteiger partial charge is 0.378 e. The van der Waals surface area contributed by atoms with Crippen molar-refractivity contribution in [1.82, 2.24) is 9.55 Å². The summed E-state index contributed by atoms with van der Waals surface area (Å²) in [6, 6.07) is 16.7. The zero-order chi connectivity index (χ0) is 18.4. The van der Waals surface area contributed by atoms with Gasteiger partial charge < -0.3 is 9.88 Å². The summed E-state index contributed by atoms with van der Waals surface area (Å²) in [4.78, 5) is 30.6. The predicted octanol–water partition coefficient (Wildman–Crippen LogP) is 3.66. The van der Waals surface area contributed by atoms with Crippen molar-refractivity contribution in [1.29, 1.82) is 0 Å². The zero-order valence-corrected chi connectivity index (χ0v) is 15.9. The van der Waals surface area contributed by atoms with E-state index in [1.54, 1.807) is 18.2 Å². The molecule has 0 radical (unpaired) electrons. The van der Waals surface area contributed by atoms with Gasteiger partial charge in [-0.05, 0) is 35.7 Å². The Kier molecular flexibility index (Phi) is 3.92. The number of halogens is 1. The summed E-state index contributed by atoms with van der Waals surface area (Å²) >= 11 is 3.53. The summed E-state index contributed by atoms with van der Waals surface area (Å²) in [7, 11) is 3.82. The Balaban J connectivity index is 2.11. The van der Waals surface area contributed by atoms with Crippen molar-refractivity contribution in [3.8, 4) is 5.69 Å². The lowest BCUT2D eigenvalue weighted by Gasteiger charge is -2.14. The molecule has 0 bridgehead atoms. The molecule has 5 nitrogen and oxygen atoms in total. The first-order valence-electron chi connectivity index (χ1n) is 8.11. The maximum atomic E-state index is 13.2. The van der Waals surface area contributed by atoms with Crippen LogP contribution < -0.4 is 16.1 Å². The van der Waals surface area contributed by atoms with Gasteiger partial charge in [-0.15, -0.1) is 0 Å². The lowest BCUT2D eigenvalue weighted by atomic mass is 10.1. The quantitative estimate of drug-likeness (QED) is 0.549. The van der Waals surface area contributed by atoms with Crippen molar-refractivity contribution >= 4 is 43.3 Å². The van der Waals surface area contributed by atoms with Crippen molar-refractivity contribution in [2.24, 2.45) is 0 Å². The lowest BCUT2D eigenvalue weighted by Crippen LogP contribution is -2.33. The molecule has 0 atom stereocenters. The Bertz CT molecular complexity index is 1270. The number of anilines is 1. The van der Waals surface area contributed by atoms with Crippen LogP contribution in [0.3, 0.4) is 0 Å². The molecule has 26 heavy (non-hydrogen) atoms. The topological polar surface area (TPSA) is 58.1 Å². The molecule has 4 rings (SSSR count). The Morgan fingerprint density at radius 1 is 0.923 bits per heavy atom. The van der Waals surface area contributed by atoms with Gasteiger partial charge in [0.25, 0.3) is 5.56 Å². The molecule has 1 aromatic heterocycles. The molecule has 1 N–H and O–H groups in total. The van der Waals surface area contributed by atoms with E-state index in [1.807, 2.05) is 55.4 Å². The first-order valence-corrected chi connectivity index (χ1v) is 8.91. The van der Waals surface area contributed by atoms with Crippen molar-refractivity contribution in [2.75, 3.05) is 19.0 Å². The van der Waals surface area contributed by atoms with E-state index in [0.717, 1.165) is 20.9 Å². The fourth-order valence-electron chi connectivity index (χ4n) is 3.15. The second-order valence-electron chi connectivity index (χ2n) is 6.31. The third kappa shape index (κ3) is 2.54. The van der Waals surface area contributed by atoms with Crippen LogP contribution in [0.5, 0.6) is 0 Å². The van der Waals surface area contributed by atoms with E-state index in [0.29, 0.717) is 16.6 Å². The minimum absolute atomic E-state index is 0.333. The smallest absolute Gasteiger partial charge is 0.333 e. The number of nitrogens with one attached hydrogen (secondary N) is 1. The second-order valence-corrected chi connectivity index (χ2v) is 7.16. The van der Waals surface area contributed by atoms with Crippen LogP contribution in [0, 0.1) is 0 Å². The minimum Gasteiger partial charge on any atom is -0.378 e. The van der Waals surface area contributed by atoms with E-state index in [2.05, 4.69) is 20.9 Å². The van der Waals surface area contributed by atoms with Crippen LogP contribution in [-0.2, 0) is 0 Å². The number of aromatic amines is 1. The Labute approximate surface area is 157 Å². The number of H-pyrrole nitrogens is 1. The van der Waals surface area contributed by atoms with Crippen LogP contribution in [0.25, 0.3) is 27.4 Å². The van der Waals surface area contributed by atoms with Gasteiger partial charge in [0.15, 0.2) is 0 Å². The van der Waals surface area contributed by atoms with E-state index < -0.39 is 5.69 Å². The summed E-state index contributed by atoms with van der Waals surface area (Å²) in [5, 5.41) is 2.25. The minimum atomic E-state index is -0.451. The fourth-order valence-corrected chi connectivity index (χ4v) is 3.65. The maximum Gasteiger partial charge on any atom is 0.333 e. The zero-order valence-electron chi connectivity index (χ0n) is 14.3. The molecule has 0 saturated heterocycles. The van der Waals surface area contributed by atoms with Gasteiger partial charge in [0.05, 0.1) is 16.6 Å². The van der Waals surface area contributed by atoms with Crippen LogP contribution in [-0.4, -0.2) is 23.6 Å². The van der Waals surface area contributed by atoms with E-state index in [-0.39, 0.29) is 5.56 Å². The predicted molar refractivity (Wildman–Crippen MR) is 110 cm³/mol. The molecule has 130 valence electrons. The lowest BCUT2D eigenvalue weighted by molar-refractivity contribution is 0.908. The van der Waals surface area contributed by atoms with Crippen LogP contribution in [0.1, 0.15) is 0 Å². The molecule has 0 unspecified atom stereocenters. The molecule has 1 heterocycles. The molecule has 0 amide bonds. The maximum absolute atomic E-state index is 13.2. The second kappa shape index (κ2) is 6.14. The summed E-state index contributed by atoms with van der Waals surface area (Å²) in [5.74, 6) is 0. The molecule has 4 aromatic rings. The van der Waals surface area contributed by atoms with Crippen LogP contribution >= 0.6 is 15.9 Å². The molecule has 0 aliphatic rings. The average molecular weight is 410 g/mol. The normalized spacial score (nSPS) is 11.2.